The second-order valence-corrected chi connectivity index (χ2v) is 7.21. The maximum atomic E-state index is 13.1. The van der Waals surface area contributed by atoms with Crippen LogP contribution in [0.5, 0.6) is 5.75 Å². The van der Waals surface area contributed by atoms with Gasteiger partial charge in [-0.15, -0.1) is 0 Å². The van der Waals surface area contributed by atoms with E-state index in [4.69, 9.17) is 4.74 Å². The number of hydrogen-bond acceptors (Lipinski definition) is 4. The molecule has 2 unspecified atom stereocenters. The van der Waals surface area contributed by atoms with Gasteiger partial charge in [0.1, 0.15) is 18.4 Å². The van der Waals surface area contributed by atoms with Crippen LogP contribution < -0.4 is 15.0 Å². The van der Waals surface area contributed by atoms with Gasteiger partial charge >= 0.3 is 6.18 Å². The van der Waals surface area contributed by atoms with Crippen LogP contribution in [-0.4, -0.2) is 47.9 Å². The zero-order chi connectivity index (χ0) is 20.8. The molecule has 1 aromatic carbocycles. The third-order valence-electron chi connectivity index (χ3n) is 5.39. The smallest absolute Gasteiger partial charge is 0.392 e. The highest BCUT2D eigenvalue weighted by atomic mass is 19.4. The van der Waals surface area contributed by atoms with Crippen molar-refractivity contribution in [3.8, 4) is 5.75 Å². The summed E-state index contributed by atoms with van der Waals surface area (Å²) in [4.78, 5) is 26.9. The zero-order valence-corrected chi connectivity index (χ0v) is 15.5. The van der Waals surface area contributed by atoms with Gasteiger partial charge in [-0.1, -0.05) is 12.1 Å². The fourth-order valence-electron chi connectivity index (χ4n) is 3.75. The number of ether oxygens (including phenoxy) is 1. The highest BCUT2D eigenvalue weighted by Crippen LogP contribution is 2.37. The molecular weight excluding hydrogens is 389 g/mol. The quantitative estimate of drug-likeness (QED) is 0.798. The third-order valence-corrected chi connectivity index (χ3v) is 5.39. The van der Waals surface area contributed by atoms with E-state index in [-0.39, 0.29) is 43.0 Å². The van der Waals surface area contributed by atoms with Crippen LogP contribution >= 0.6 is 0 Å². The van der Waals surface area contributed by atoms with Crippen molar-refractivity contribution < 1.29 is 27.5 Å². The molecule has 2 heterocycles. The number of nitrogens with zero attached hydrogens (tertiary/aromatic N) is 2. The molecular formula is C19H19F3N4O3. The molecule has 2 aromatic rings. The molecule has 2 aliphatic rings. The van der Waals surface area contributed by atoms with E-state index in [1.807, 2.05) is 0 Å². The summed E-state index contributed by atoms with van der Waals surface area (Å²) in [5.74, 6) is -2.10. The molecule has 1 aliphatic carbocycles. The number of benzene rings is 1. The Morgan fingerprint density at radius 3 is 2.86 bits per heavy atom. The lowest BCUT2D eigenvalue weighted by Gasteiger charge is -2.24. The number of nitrogens with one attached hydrogen (secondary N) is 2. The van der Waals surface area contributed by atoms with Gasteiger partial charge in [-0.2, -0.15) is 18.3 Å². The molecule has 0 spiro atoms. The highest BCUT2D eigenvalue weighted by Gasteiger charge is 2.43. The van der Waals surface area contributed by atoms with E-state index in [0.29, 0.717) is 17.1 Å². The first-order valence-electron chi connectivity index (χ1n) is 9.18. The second kappa shape index (κ2) is 7.09. The number of aryl methyl sites for hydroxylation is 1. The van der Waals surface area contributed by atoms with Gasteiger partial charge in [0.2, 0.25) is 0 Å². The van der Waals surface area contributed by atoms with E-state index in [9.17, 15) is 22.8 Å². The van der Waals surface area contributed by atoms with Crippen molar-refractivity contribution in [2.75, 3.05) is 18.6 Å². The number of aromatic nitrogens is 2. The minimum absolute atomic E-state index is 0.0439. The predicted molar refractivity (Wildman–Crippen MR) is 96.8 cm³/mol. The number of alkyl halides is 3. The number of H-pyrrole nitrogens is 1. The minimum Gasteiger partial charge on any atom is -0.489 e. The molecule has 10 heteroatoms. The van der Waals surface area contributed by atoms with Crippen LogP contribution in [-0.2, 0) is 17.6 Å². The Kier molecular flexibility index (Phi) is 4.71. The fraction of sp³-hybridized carbons (Fsp3) is 0.421. The molecule has 0 saturated heterocycles. The Hall–Kier alpha value is -3.04. The number of aromatic amines is 1. The lowest BCUT2D eigenvalue weighted by Crippen LogP contribution is -2.49. The van der Waals surface area contributed by atoms with Crippen molar-refractivity contribution in [3.05, 3.63) is 41.2 Å². The minimum atomic E-state index is -4.33. The molecule has 154 valence electrons. The van der Waals surface area contributed by atoms with Gasteiger partial charge in [0.25, 0.3) is 11.8 Å². The van der Waals surface area contributed by atoms with Crippen molar-refractivity contribution >= 4 is 17.5 Å². The molecule has 0 fully saturated rings. The van der Waals surface area contributed by atoms with Crippen molar-refractivity contribution in [3.63, 3.8) is 0 Å². The molecule has 1 aromatic heterocycles. The molecule has 1 aliphatic heterocycles. The van der Waals surface area contributed by atoms with E-state index in [0.717, 1.165) is 0 Å². The summed E-state index contributed by atoms with van der Waals surface area (Å²) in [5.41, 5.74) is 1.25. The van der Waals surface area contributed by atoms with Crippen LogP contribution in [0.25, 0.3) is 0 Å². The van der Waals surface area contributed by atoms with Crippen molar-refractivity contribution in [1.82, 2.24) is 15.5 Å². The molecule has 4 rings (SSSR count). The summed E-state index contributed by atoms with van der Waals surface area (Å²) in [6, 6.07) is 5.97. The predicted octanol–water partition coefficient (Wildman–Crippen LogP) is 2.23. The number of fused-ring (bicyclic) bond motifs is 2. The Bertz CT molecular complexity index is 956. The molecule has 2 atom stereocenters. The van der Waals surface area contributed by atoms with Gasteiger partial charge in [-0.3, -0.25) is 14.7 Å². The van der Waals surface area contributed by atoms with E-state index in [1.54, 1.807) is 31.3 Å². The molecule has 7 nitrogen and oxygen atoms in total. The summed E-state index contributed by atoms with van der Waals surface area (Å²) < 4.78 is 45.0. The monoisotopic (exact) mass is 408 g/mol. The van der Waals surface area contributed by atoms with E-state index >= 15 is 0 Å². The molecule has 0 saturated carbocycles. The van der Waals surface area contributed by atoms with Crippen LogP contribution in [0.1, 0.15) is 28.2 Å². The number of halogens is 3. The number of amides is 2. The Labute approximate surface area is 164 Å². The second-order valence-electron chi connectivity index (χ2n) is 7.21. The van der Waals surface area contributed by atoms with Crippen molar-refractivity contribution in [2.45, 2.75) is 31.5 Å². The summed E-state index contributed by atoms with van der Waals surface area (Å²) in [6.45, 7) is -0.0935. The Balaban J connectivity index is 1.53. The van der Waals surface area contributed by atoms with Gasteiger partial charge in [0.15, 0.2) is 5.69 Å². The average molecular weight is 408 g/mol. The van der Waals surface area contributed by atoms with Gasteiger partial charge in [-0.25, -0.2) is 0 Å². The average Bonchev–Trinajstić information content (AvgIpc) is 3.08. The van der Waals surface area contributed by atoms with Gasteiger partial charge in [0, 0.05) is 18.3 Å². The van der Waals surface area contributed by atoms with Crippen LogP contribution in [0.4, 0.5) is 18.9 Å². The van der Waals surface area contributed by atoms with E-state index < -0.39 is 24.0 Å². The van der Waals surface area contributed by atoms with Crippen molar-refractivity contribution in [2.24, 2.45) is 5.92 Å². The number of rotatable bonds is 2. The van der Waals surface area contributed by atoms with Crippen molar-refractivity contribution in [1.29, 1.82) is 0 Å². The zero-order valence-electron chi connectivity index (χ0n) is 15.5. The molecule has 29 heavy (non-hydrogen) atoms. The SMILES string of the molecule is CN1C(=O)C(NC(=O)c2n[nH]c3c2CC(C(F)(F)F)CC3)COc2ccccc21. The number of carbonyl (C=O) groups is 2. The van der Waals surface area contributed by atoms with Gasteiger partial charge < -0.3 is 15.0 Å². The lowest BCUT2D eigenvalue weighted by molar-refractivity contribution is -0.177. The maximum absolute atomic E-state index is 13.1. The largest absolute Gasteiger partial charge is 0.489 e. The molecule has 2 N–H and O–H groups in total. The van der Waals surface area contributed by atoms with E-state index in [2.05, 4.69) is 15.5 Å². The number of para-hydroxylation sites is 2. The maximum Gasteiger partial charge on any atom is 0.392 e. The number of hydrogen-bond donors (Lipinski definition) is 2. The number of carbonyl (C=O) groups excluding carboxylic acids is 2. The Morgan fingerprint density at radius 1 is 1.34 bits per heavy atom. The summed E-state index contributed by atoms with van der Waals surface area (Å²) in [5, 5.41) is 9.14. The third kappa shape index (κ3) is 3.54. The van der Waals surface area contributed by atoms with E-state index in [1.165, 1.54) is 4.90 Å². The first-order chi connectivity index (χ1) is 13.8. The Morgan fingerprint density at radius 2 is 2.10 bits per heavy atom. The standard InChI is InChI=1S/C19H19F3N4O3/c1-26-14-4-2-3-5-15(14)29-9-13(18(26)28)23-17(27)16-11-8-10(19(20,21)22)6-7-12(11)24-25-16/h2-5,10,13H,6-9H2,1H3,(H,23,27)(H,24,25). The lowest BCUT2D eigenvalue weighted by atomic mass is 9.86. The summed E-state index contributed by atoms with van der Waals surface area (Å²) in [7, 11) is 1.57. The number of likely N-dealkylation sites (N-methyl/N-ethyl adjacent to an activating group) is 1. The highest BCUT2D eigenvalue weighted by molar-refractivity contribution is 6.03. The summed E-state index contributed by atoms with van der Waals surface area (Å²) >= 11 is 0. The first kappa shape index (κ1) is 19.3. The molecule has 0 bridgehead atoms. The fourth-order valence-corrected chi connectivity index (χ4v) is 3.75. The van der Waals surface area contributed by atoms with Gasteiger partial charge in [-0.05, 0) is 31.4 Å². The normalized spacial score (nSPS) is 21.7. The topological polar surface area (TPSA) is 87.3 Å². The van der Waals surface area contributed by atoms with Crippen LogP contribution in [0.2, 0.25) is 0 Å². The molecule has 0 radical (unpaired) electrons. The van der Waals surface area contributed by atoms with Crippen LogP contribution in [0.15, 0.2) is 24.3 Å². The summed E-state index contributed by atoms with van der Waals surface area (Å²) in [6.07, 6.45) is -4.51. The van der Waals surface area contributed by atoms with Gasteiger partial charge in [0.05, 0.1) is 11.6 Å². The first-order valence-corrected chi connectivity index (χ1v) is 9.18. The molecule has 2 amide bonds. The van der Waals surface area contributed by atoms with Crippen LogP contribution in [0, 0.1) is 5.92 Å². The van der Waals surface area contributed by atoms with Crippen LogP contribution in [0.3, 0.4) is 0 Å². The number of anilines is 1.